The third kappa shape index (κ3) is 2.21. The van der Waals surface area contributed by atoms with Crippen LogP contribution in [0.15, 0.2) is 18.2 Å². The molecule has 5 heteroatoms. The van der Waals surface area contributed by atoms with E-state index in [0.717, 1.165) is 0 Å². The van der Waals surface area contributed by atoms with Crippen LogP contribution in [-0.2, 0) is 6.61 Å². The number of aromatic nitrogens is 1. The van der Waals surface area contributed by atoms with Gasteiger partial charge >= 0.3 is 6.09 Å². The lowest BCUT2D eigenvalue weighted by atomic mass is 10.3. The van der Waals surface area contributed by atoms with E-state index >= 15 is 0 Å². The van der Waals surface area contributed by atoms with Crippen LogP contribution in [0.2, 0.25) is 0 Å². The summed E-state index contributed by atoms with van der Waals surface area (Å²) in [5.41, 5.74) is 0.459. The SMILES string of the molecule is O=C([OH2+])Nc1cccc(CO)n1. The zero-order chi connectivity index (χ0) is 8.97. The summed E-state index contributed by atoms with van der Waals surface area (Å²) < 4.78 is 0. The number of aliphatic hydroxyl groups is 1. The van der Waals surface area contributed by atoms with E-state index in [1.54, 1.807) is 18.2 Å². The van der Waals surface area contributed by atoms with Gasteiger partial charge in [0.05, 0.1) is 17.1 Å². The van der Waals surface area contributed by atoms with Gasteiger partial charge in [0.1, 0.15) is 5.82 Å². The largest absolute Gasteiger partial charge is 0.632 e. The summed E-state index contributed by atoms with van der Waals surface area (Å²) in [4.78, 5) is 14.1. The molecule has 0 bridgehead atoms. The highest BCUT2D eigenvalue weighted by Crippen LogP contribution is 2.03. The van der Waals surface area contributed by atoms with Gasteiger partial charge in [0.25, 0.3) is 0 Å². The van der Waals surface area contributed by atoms with Crippen LogP contribution in [0.25, 0.3) is 0 Å². The monoisotopic (exact) mass is 169 g/mol. The molecule has 0 aliphatic rings. The molecule has 1 aromatic rings. The molecule has 0 unspecified atom stereocenters. The van der Waals surface area contributed by atoms with Gasteiger partial charge in [-0.25, -0.2) is 10.3 Å². The van der Waals surface area contributed by atoms with Gasteiger partial charge in [-0.15, -0.1) is 0 Å². The zero-order valence-corrected chi connectivity index (χ0v) is 6.24. The van der Waals surface area contributed by atoms with E-state index in [0.29, 0.717) is 5.69 Å². The molecule has 0 aliphatic carbocycles. The number of anilines is 1. The first-order valence-electron chi connectivity index (χ1n) is 3.32. The smallest absolute Gasteiger partial charge is 0.547 e. The maximum absolute atomic E-state index is 10.3. The number of rotatable bonds is 2. The Kier molecular flexibility index (Phi) is 2.60. The first-order valence-corrected chi connectivity index (χ1v) is 3.32. The number of amides is 1. The summed E-state index contributed by atoms with van der Waals surface area (Å²) in [6.07, 6.45) is -0.919. The lowest BCUT2D eigenvalue weighted by Crippen LogP contribution is -2.09. The van der Waals surface area contributed by atoms with Crippen molar-refractivity contribution in [3.05, 3.63) is 23.9 Å². The van der Waals surface area contributed by atoms with Crippen LogP contribution in [0.3, 0.4) is 0 Å². The summed E-state index contributed by atoms with van der Waals surface area (Å²) >= 11 is 0. The molecule has 0 saturated heterocycles. The fraction of sp³-hybridized carbons (Fsp3) is 0.143. The van der Waals surface area contributed by atoms with E-state index in [1.807, 2.05) is 0 Å². The van der Waals surface area contributed by atoms with Gasteiger partial charge in [-0.1, -0.05) is 6.07 Å². The maximum atomic E-state index is 10.3. The Balaban J connectivity index is 2.79. The number of aliphatic hydroxyl groups excluding tert-OH is 1. The maximum Gasteiger partial charge on any atom is 0.632 e. The lowest BCUT2D eigenvalue weighted by molar-refractivity contribution is 0.209. The molecule has 0 fully saturated rings. The van der Waals surface area contributed by atoms with Crippen molar-refractivity contribution in [2.24, 2.45) is 0 Å². The standard InChI is InChI=1S/C7H8N2O3/c10-4-5-2-1-3-6(8-5)9-7(11)12/h1-3,10H,4H2,(H,8,9)(H,11,12)/p+1. The Morgan fingerprint density at radius 3 is 3.00 bits per heavy atom. The molecule has 5 nitrogen and oxygen atoms in total. The summed E-state index contributed by atoms with van der Waals surface area (Å²) in [6.45, 7) is -0.179. The molecule has 0 spiro atoms. The van der Waals surface area contributed by atoms with Crippen LogP contribution in [0.4, 0.5) is 10.6 Å². The molecule has 0 aliphatic heterocycles. The Morgan fingerprint density at radius 1 is 1.67 bits per heavy atom. The Hall–Kier alpha value is -1.62. The number of carbonyl (C=O) groups is 1. The molecular formula is C7H9N2O3+. The van der Waals surface area contributed by atoms with Gasteiger partial charge in [0, 0.05) is 0 Å². The molecule has 0 saturated carbocycles. The third-order valence-electron chi connectivity index (χ3n) is 1.21. The van der Waals surface area contributed by atoms with Crippen LogP contribution < -0.4 is 5.32 Å². The van der Waals surface area contributed by atoms with Gasteiger partial charge in [0.2, 0.25) is 0 Å². The number of pyridine rings is 1. The van der Waals surface area contributed by atoms with E-state index in [1.165, 1.54) is 0 Å². The zero-order valence-electron chi connectivity index (χ0n) is 6.24. The van der Waals surface area contributed by atoms with E-state index in [-0.39, 0.29) is 12.4 Å². The van der Waals surface area contributed by atoms with Crippen LogP contribution in [0.5, 0.6) is 0 Å². The topological polar surface area (TPSA) is 85.1 Å². The molecule has 64 valence electrons. The molecule has 0 atom stereocenters. The minimum Gasteiger partial charge on any atom is -0.547 e. The van der Waals surface area contributed by atoms with Crippen molar-refractivity contribution in [2.75, 3.05) is 5.32 Å². The average molecular weight is 169 g/mol. The third-order valence-corrected chi connectivity index (χ3v) is 1.21. The number of carbonyl (C=O) groups excluding carboxylic acids is 1. The first kappa shape index (κ1) is 8.48. The Morgan fingerprint density at radius 2 is 2.42 bits per heavy atom. The van der Waals surface area contributed by atoms with Crippen LogP contribution in [0.1, 0.15) is 5.69 Å². The molecular weight excluding hydrogens is 160 g/mol. The van der Waals surface area contributed by atoms with Crippen molar-refractivity contribution in [3.8, 4) is 0 Å². The molecule has 0 aromatic carbocycles. The van der Waals surface area contributed by atoms with Crippen LogP contribution in [0, 0.1) is 0 Å². The second-order valence-corrected chi connectivity index (χ2v) is 2.13. The number of hydrogen-bond donors (Lipinski definition) is 2. The van der Waals surface area contributed by atoms with E-state index in [4.69, 9.17) is 10.2 Å². The first-order chi connectivity index (χ1) is 5.72. The molecule has 12 heavy (non-hydrogen) atoms. The highest BCUT2D eigenvalue weighted by Gasteiger charge is 2.05. The molecule has 1 rings (SSSR count). The van der Waals surface area contributed by atoms with Crippen LogP contribution in [-0.4, -0.2) is 21.3 Å². The summed E-state index contributed by atoms with van der Waals surface area (Å²) in [5.74, 6) is 0.279. The molecule has 1 aromatic heterocycles. The number of hydrogen-bond acceptors (Lipinski definition) is 3. The van der Waals surface area contributed by atoms with Gasteiger partial charge in [-0.05, 0) is 12.1 Å². The second kappa shape index (κ2) is 3.68. The van der Waals surface area contributed by atoms with E-state index in [9.17, 15) is 4.79 Å². The second-order valence-electron chi connectivity index (χ2n) is 2.13. The molecule has 4 N–H and O–H groups in total. The van der Waals surface area contributed by atoms with Gasteiger partial charge in [-0.3, -0.25) is 0 Å². The molecule has 1 amide bonds. The van der Waals surface area contributed by atoms with E-state index < -0.39 is 6.09 Å². The predicted octanol–water partition coefficient (Wildman–Crippen LogP) is -0.170. The van der Waals surface area contributed by atoms with Crippen molar-refractivity contribution >= 4 is 11.9 Å². The van der Waals surface area contributed by atoms with Gasteiger partial charge < -0.3 is 10.2 Å². The predicted molar refractivity (Wildman–Crippen MR) is 42.8 cm³/mol. The highest BCUT2D eigenvalue weighted by atomic mass is 16.4. The van der Waals surface area contributed by atoms with Crippen molar-refractivity contribution in [3.63, 3.8) is 0 Å². The fourth-order valence-electron chi connectivity index (χ4n) is 0.754. The Labute approximate surface area is 68.7 Å². The summed E-state index contributed by atoms with van der Waals surface area (Å²) in [6, 6.07) is 4.81. The van der Waals surface area contributed by atoms with Crippen molar-refractivity contribution in [1.82, 2.24) is 4.98 Å². The van der Waals surface area contributed by atoms with Crippen molar-refractivity contribution in [1.29, 1.82) is 0 Å². The quantitative estimate of drug-likeness (QED) is 0.603. The van der Waals surface area contributed by atoms with Crippen molar-refractivity contribution in [2.45, 2.75) is 6.61 Å². The summed E-state index contributed by atoms with van der Waals surface area (Å²) in [5, 5.41) is 17.4. The highest BCUT2D eigenvalue weighted by molar-refractivity contribution is 5.81. The minimum absolute atomic E-state index is 0.179. The molecule has 1 heterocycles. The van der Waals surface area contributed by atoms with E-state index in [2.05, 4.69) is 10.3 Å². The Bertz CT molecular complexity index is 288. The van der Waals surface area contributed by atoms with Gasteiger partial charge in [0.15, 0.2) is 0 Å². The summed E-state index contributed by atoms with van der Waals surface area (Å²) in [7, 11) is 0. The molecule has 0 radical (unpaired) electrons. The number of nitrogens with one attached hydrogen (secondary N) is 1. The minimum atomic E-state index is -0.919. The van der Waals surface area contributed by atoms with Crippen molar-refractivity contribution < 1.29 is 15.0 Å². The van der Waals surface area contributed by atoms with Crippen LogP contribution >= 0.6 is 0 Å². The van der Waals surface area contributed by atoms with Gasteiger partial charge in [-0.2, -0.15) is 0 Å². The normalized spacial score (nSPS) is 9.42. The fourth-order valence-corrected chi connectivity index (χ4v) is 0.754. The number of nitrogens with zero attached hydrogens (tertiary/aromatic N) is 1. The lowest BCUT2D eigenvalue weighted by Gasteiger charge is -1.98. The average Bonchev–Trinajstić information content (AvgIpc) is 2.03.